The number of sulfonamides is 1. The molecule has 9 nitrogen and oxygen atoms in total. The monoisotopic (exact) mass is 509 g/mol. The molecule has 0 unspecified atom stereocenters. The van der Waals surface area contributed by atoms with E-state index in [0.717, 1.165) is 24.0 Å². The van der Waals surface area contributed by atoms with Crippen molar-refractivity contribution in [3.63, 3.8) is 0 Å². The molecule has 2 N–H and O–H groups in total. The third-order valence-corrected chi connectivity index (χ3v) is 8.92. The van der Waals surface area contributed by atoms with Crippen LogP contribution < -0.4 is 19.5 Å². The van der Waals surface area contributed by atoms with Crippen LogP contribution in [0.5, 0.6) is 11.5 Å². The summed E-state index contributed by atoms with van der Waals surface area (Å²) in [4.78, 5) is 11.9. The van der Waals surface area contributed by atoms with E-state index in [1.807, 2.05) is 0 Å². The number of fused-ring (bicyclic) bond motifs is 4. The number of benzene rings is 2. The second-order valence-corrected chi connectivity index (χ2v) is 11.4. The summed E-state index contributed by atoms with van der Waals surface area (Å²) < 4.78 is 46.3. The average Bonchev–Trinajstić information content (AvgIpc) is 3.81. The molecule has 0 saturated heterocycles. The molecular weight excluding hydrogens is 482 g/mol. The van der Waals surface area contributed by atoms with Gasteiger partial charge in [0.25, 0.3) is 15.9 Å². The summed E-state index contributed by atoms with van der Waals surface area (Å²) >= 11 is 0. The lowest BCUT2D eigenvalue weighted by Crippen LogP contribution is -2.21. The smallest absolute Gasteiger partial charge is 0.270 e. The third-order valence-electron chi connectivity index (χ3n) is 7.51. The molecule has 188 valence electrons. The van der Waals surface area contributed by atoms with Gasteiger partial charge in [-0.3, -0.25) is 9.52 Å². The van der Waals surface area contributed by atoms with Gasteiger partial charge in [0.05, 0.1) is 14.2 Å². The van der Waals surface area contributed by atoms with Crippen molar-refractivity contribution in [3.8, 4) is 22.8 Å². The molecule has 0 radical (unpaired) electrons. The van der Waals surface area contributed by atoms with E-state index in [1.165, 1.54) is 57.4 Å². The summed E-state index contributed by atoms with van der Waals surface area (Å²) in [7, 11) is -0.0499. The minimum Gasteiger partial charge on any atom is -0.495 e. The minimum atomic E-state index is -4.21. The molecule has 3 aliphatic rings. The number of hydrogen-bond donors (Lipinski definition) is 2. The second kappa shape index (κ2) is 7.99. The fraction of sp³-hybridized carbons (Fsp3) is 0.385. The number of carbonyl (C=O) groups is 1. The normalized spacial score (nSPS) is 17.2. The zero-order chi connectivity index (χ0) is 25.2. The highest BCUT2D eigenvalue weighted by atomic mass is 32.2. The van der Waals surface area contributed by atoms with E-state index in [2.05, 4.69) is 33.4 Å². The van der Waals surface area contributed by atoms with Gasteiger partial charge in [-0.1, -0.05) is 17.3 Å². The highest BCUT2D eigenvalue weighted by Crippen LogP contribution is 2.59. The van der Waals surface area contributed by atoms with Crippen LogP contribution >= 0.6 is 0 Å². The molecular formula is C26H27N3O6S. The Kier molecular flexibility index (Phi) is 5.08. The van der Waals surface area contributed by atoms with Crippen molar-refractivity contribution < 1.29 is 27.2 Å². The number of anilines is 1. The quantitative estimate of drug-likeness (QED) is 0.494. The van der Waals surface area contributed by atoms with Gasteiger partial charge in [-0.05, 0) is 67.3 Å². The Balaban J connectivity index is 1.41. The topological polar surface area (TPSA) is 120 Å². The van der Waals surface area contributed by atoms with Crippen molar-refractivity contribution in [2.75, 3.05) is 26.0 Å². The number of nitrogens with zero attached hydrogens (tertiary/aromatic N) is 1. The first-order chi connectivity index (χ1) is 17.3. The first-order valence-electron chi connectivity index (χ1n) is 11.9. The van der Waals surface area contributed by atoms with E-state index in [1.54, 1.807) is 0 Å². The first-order valence-corrected chi connectivity index (χ1v) is 13.4. The lowest BCUT2D eigenvalue weighted by Gasteiger charge is -2.25. The van der Waals surface area contributed by atoms with Crippen molar-refractivity contribution in [1.82, 2.24) is 10.5 Å². The van der Waals surface area contributed by atoms with E-state index in [-0.39, 0.29) is 33.2 Å². The van der Waals surface area contributed by atoms with Crippen molar-refractivity contribution in [2.24, 2.45) is 0 Å². The number of aromatic nitrogens is 1. The van der Waals surface area contributed by atoms with Crippen LogP contribution in [0.3, 0.4) is 0 Å². The summed E-state index contributed by atoms with van der Waals surface area (Å²) in [6.45, 7) is 0. The molecule has 0 bridgehead atoms. The highest BCUT2D eigenvalue weighted by molar-refractivity contribution is 7.93. The van der Waals surface area contributed by atoms with Crippen molar-refractivity contribution in [2.45, 2.75) is 48.3 Å². The van der Waals surface area contributed by atoms with Gasteiger partial charge in [0.1, 0.15) is 11.5 Å². The summed E-state index contributed by atoms with van der Waals surface area (Å²) in [5.74, 6) is 0.948. The maximum absolute atomic E-state index is 13.6. The Labute approximate surface area is 209 Å². The van der Waals surface area contributed by atoms with Gasteiger partial charge in [0.15, 0.2) is 16.5 Å². The SMILES string of the molecule is CNC(=O)c1cc(OC)c(S(=O)(=O)Nc2noc3c2CC2(CC2)c2ccc(C4CC4)cc2-3)c(OC)c1. The van der Waals surface area contributed by atoms with Crippen LogP contribution in [0.1, 0.15) is 58.6 Å². The maximum Gasteiger partial charge on any atom is 0.270 e. The molecule has 1 heterocycles. The van der Waals surface area contributed by atoms with Gasteiger partial charge in [-0.15, -0.1) is 0 Å². The summed E-state index contributed by atoms with van der Waals surface area (Å²) in [6, 6.07) is 9.36. The van der Waals surface area contributed by atoms with Crippen LogP contribution in [-0.4, -0.2) is 40.7 Å². The predicted octanol–water partition coefficient (Wildman–Crippen LogP) is 3.98. The Hall–Kier alpha value is -3.53. The number of nitrogens with one attached hydrogen (secondary N) is 2. The number of ether oxygens (including phenoxy) is 2. The molecule has 0 atom stereocenters. The zero-order valence-electron chi connectivity index (χ0n) is 20.3. The number of amides is 1. The van der Waals surface area contributed by atoms with Gasteiger partial charge in [0, 0.05) is 29.2 Å². The third kappa shape index (κ3) is 3.54. The number of hydrogen-bond acceptors (Lipinski definition) is 7. The average molecular weight is 510 g/mol. The minimum absolute atomic E-state index is 0.000696. The van der Waals surface area contributed by atoms with Crippen LogP contribution in [-0.2, 0) is 21.9 Å². The second-order valence-electron chi connectivity index (χ2n) is 9.77. The fourth-order valence-corrected chi connectivity index (χ4v) is 6.61. The van der Waals surface area contributed by atoms with E-state index in [4.69, 9.17) is 14.0 Å². The molecule has 2 saturated carbocycles. The Bertz CT molecular complexity index is 1480. The lowest BCUT2D eigenvalue weighted by atomic mass is 9.78. The largest absolute Gasteiger partial charge is 0.495 e. The van der Waals surface area contributed by atoms with Gasteiger partial charge in [0.2, 0.25) is 0 Å². The van der Waals surface area contributed by atoms with E-state index >= 15 is 0 Å². The van der Waals surface area contributed by atoms with Crippen LogP contribution in [0.2, 0.25) is 0 Å². The molecule has 3 aliphatic carbocycles. The maximum atomic E-state index is 13.6. The zero-order valence-corrected chi connectivity index (χ0v) is 21.1. The van der Waals surface area contributed by atoms with Crippen LogP contribution in [0.4, 0.5) is 5.82 Å². The molecule has 1 aromatic heterocycles. The van der Waals surface area contributed by atoms with Crippen molar-refractivity contribution >= 4 is 21.7 Å². The Morgan fingerprint density at radius 1 is 1.11 bits per heavy atom. The van der Waals surface area contributed by atoms with Crippen LogP contribution in [0, 0.1) is 0 Å². The van der Waals surface area contributed by atoms with E-state index in [9.17, 15) is 13.2 Å². The Morgan fingerprint density at radius 2 is 1.81 bits per heavy atom. The predicted molar refractivity (Wildman–Crippen MR) is 132 cm³/mol. The van der Waals surface area contributed by atoms with Crippen LogP contribution in [0.25, 0.3) is 11.3 Å². The molecule has 2 aromatic carbocycles. The molecule has 6 rings (SSSR count). The molecule has 0 aliphatic heterocycles. The molecule has 1 amide bonds. The molecule has 1 spiro atoms. The standard InChI is InChI=1S/C26H27N3O6S/c1-27-25(30)16-11-20(33-2)23(21(12-16)34-3)36(31,32)29-24-18-13-26(8-9-26)19-7-6-15(14-4-5-14)10-17(19)22(18)35-28-24/h6-7,10-12,14H,4-5,8-9,13H2,1-3H3,(H,27,30)(H,28,29). The lowest BCUT2D eigenvalue weighted by molar-refractivity contribution is 0.0962. The van der Waals surface area contributed by atoms with E-state index in [0.29, 0.717) is 18.1 Å². The van der Waals surface area contributed by atoms with Crippen LogP contribution in [0.15, 0.2) is 39.8 Å². The Morgan fingerprint density at radius 3 is 2.39 bits per heavy atom. The van der Waals surface area contributed by atoms with Crippen molar-refractivity contribution in [3.05, 3.63) is 52.6 Å². The molecule has 36 heavy (non-hydrogen) atoms. The van der Waals surface area contributed by atoms with Gasteiger partial charge < -0.3 is 19.3 Å². The highest BCUT2D eigenvalue weighted by Gasteiger charge is 2.51. The first kappa shape index (κ1) is 22.9. The summed E-state index contributed by atoms with van der Waals surface area (Å²) in [5.41, 5.74) is 4.54. The van der Waals surface area contributed by atoms with E-state index < -0.39 is 15.9 Å². The summed E-state index contributed by atoms with van der Waals surface area (Å²) in [5, 5.41) is 6.66. The number of methoxy groups -OCH3 is 2. The number of rotatable bonds is 7. The summed E-state index contributed by atoms with van der Waals surface area (Å²) in [6.07, 6.45) is 5.13. The molecule has 3 aromatic rings. The molecule has 10 heteroatoms. The number of carbonyl (C=O) groups excluding carboxylic acids is 1. The molecule has 2 fully saturated rings. The van der Waals surface area contributed by atoms with Gasteiger partial charge in [-0.25, -0.2) is 8.42 Å². The van der Waals surface area contributed by atoms with Gasteiger partial charge >= 0.3 is 0 Å². The van der Waals surface area contributed by atoms with Gasteiger partial charge in [-0.2, -0.15) is 0 Å². The fourth-order valence-electron chi connectivity index (χ4n) is 5.28. The van der Waals surface area contributed by atoms with Crippen molar-refractivity contribution in [1.29, 1.82) is 0 Å².